The molecule has 0 aliphatic carbocycles. The van der Waals surface area contributed by atoms with Gasteiger partial charge in [0.1, 0.15) is 11.4 Å². The van der Waals surface area contributed by atoms with Crippen LogP contribution < -0.4 is 10.1 Å². The number of benzene rings is 1. The topological polar surface area (TPSA) is 30.5 Å². The molecule has 0 aromatic heterocycles. The average molecular weight is 356 g/mol. The molecule has 4 heteroatoms. The maximum Gasteiger partial charge on any atom is 0.126 e. The van der Waals surface area contributed by atoms with Gasteiger partial charge in [-0.3, -0.25) is 0 Å². The van der Waals surface area contributed by atoms with Gasteiger partial charge >= 0.3 is 0 Å². The molecule has 21 heavy (non-hydrogen) atoms. The minimum atomic E-state index is -0.236. The lowest BCUT2D eigenvalue weighted by atomic mass is 9.81. The highest BCUT2D eigenvalue weighted by Gasteiger charge is 2.41. The van der Waals surface area contributed by atoms with E-state index in [1.165, 1.54) is 5.56 Å². The largest absolute Gasteiger partial charge is 0.487 e. The first-order valence-corrected chi connectivity index (χ1v) is 8.35. The van der Waals surface area contributed by atoms with Crippen LogP contribution in [0.25, 0.3) is 0 Å². The summed E-state index contributed by atoms with van der Waals surface area (Å²) in [5.41, 5.74) is 0.808. The van der Waals surface area contributed by atoms with E-state index in [0.29, 0.717) is 6.04 Å². The number of ether oxygens (including phenoxy) is 2. The Kier molecular flexibility index (Phi) is 5.01. The summed E-state index contributed by atoms with van der Waals surface area (Å²) in [6.45, 7) is 9.50. The van der Waals surface area contributed by atoms with E-state index in [-0.39, 0.29) is 11.2 Å². The SMILES string of the molecule is CCNC1CC(C)(CC(C)(C)OC)Oc2cc(Br)ccc21. The Morgan fingerprint density at radius 3 is 2.81 bits per heavy atom. The van der Waals surface area contributed by atoms with Crippen LogP contribution >= 0.6 is 15.9 Å². The number of halogens is 1. The summed E-state index contributed by atoms with van der Waals surface area (Å²) in [7, 11) is 1.76. The standard InChI is InChI=1S/C17H26BrNO2/c1-6-19-14-10-17(4,11-16(2,3)20-5)21-15-9-12(18)7-8-13(14)15/h7-9,14,19H,6,10-11H2,1-5H3. The van der Waals surface area contributed by atoms with Gasteiger partial charge in [0, 0.05) is 36.0 Å². The predicted octanol–water partition coefficient (Wildman–Crippen LogP) is 4.46. The van der Waals surface area contributed by atoms with Gasteiger partial charge in [0.15, 0.2) is 0 Å². The highest BCUT2D eigenvalue weighted by molar-refractivity contribution is 9.10. The van der Waals surface area contributed by atoms with E-state index >= 15 is 0 Å². The number of fused-ring (bicyclic) bond motifs is 1. The van der Waals surface area contributed by atoms with E-state index in [1.54, 1.807) is 7.11 Å². The monoisotopic (exact) mass is 355 g/mol. The zero-order valence-electron chi connectivity index (χ0n) is 13.6. The molecule has 2 rings (SSSR count). The van der Waals surface area contributed by atoms with E-state index in [1.807, 2.05) is 0 Å². The third kappa shape index (κ3) is 3.99. The average Bonchev–Trinajstić information content (AvgIpc) is 2.37. The Hall–Kier alpha value is -0.580. The molecule has 0 radical (unpaired) electrons. The number of rotatable bonds is 5. The van der Waals surface area contributed by atoms with Crippen molar-refractivity contribution in [2.24, 2.45) is 0 Å². The molecule has 1 heterocycles. The quantitative estimate of drug-likeness (QED) is 0.845. The molecule has 2 atom stereocenters. The van der Waals surface area contributed by atoms with Crippen molar-refractivity contribution in [1.29, 1.82) is 0 Å². The lowest BCUT2D eigenvalue weighted by Crippen LogP contribution is -2.46. The fraction of sp³-hybridized carbons (Fsp3) is 0.647. The Morgan fingerprint density at radius 2 is 2.19 bits per heavy atom. The second-order valence-corrected chi connectivity index (χ2v) is 7.60. The van der Waals surface area contributed by atoms with Crippen LogP contribution in [0.15, 0.2) is 22.7 Å². The second kappa shape index (κ2) is 6.27. The van der Waals surface area contributed by atoms with E-state index in [4.69, 9.17) is 9.47 Å². The van der Waals surface area contributed by atoms with E-state index in [0.717, 1.165) is 29.6 Å². The molecule has 0 spiro atoms. The summed E-state index contributed by atoms with van der Waals surface area (Å²) >= 11 is 3.54. The van der Waals surface area contributed by atoms with E-state index in [2.05, 4.69) is 67.1 Å². The maximum absolute atomic E-state index is 6.36. The van der Waals surface area contributed by atoms with Crippen LogP contribution in [0, 0.1) is 0 Å². The molecule has 1 N–H and O–H groups in total. The first-order chi connectivity index (χ1) is 9.78. The minimum absolute atomic E-state index is 0.199. The summed E-state index contributed by atoms with van der Waals surface area (Å²) in [5, 5.41) is 3.58. The smallest absolute Gasteiger partial charge is 0.126 e. The van der Waals surface area contributed by atoms with Crippen molar-refractivity contribution in [3.8, 4) is 5.75 Å². The summed E-state index contributed by atoms with van der Waals surface area (Å²) in [4.78, 5) is 0. The van der Waals surface area contributed by atoms with E-state index in [9.17, 15) is 0 Å². The van der Waals surface area contributed by atoms with Crippen molar-refractivity contribution in [3.63, 3.8) is 0 Å². The third-order valence-corrected chi connectivity index (χ3v) is 4.64. The molecule has 118 valence electrons. The molecule has 3 nitrogen and oxygen atoms in total. The molecule has 0 saturated heterocycles. The molecular weight excluding hydrogens is 330 g/mol. The highest BCUT2D eigenvalue weighted by atomic mass is 79.9. The molecule has 0 amide bonds. The number of methoxy groups -OCH3 is 1. The predicted molar refractivity (Wildman–Crippen MR) is 89.9 cm³/mol. The van der Waals surface area contributed by atoms with Crippen molar-refractivity contribution in [3.05, 3.63) is 28.2 Å². The molecule has 1 aliphatic rings. The third-order valence-electron chi connectivity index (χ3n) is 4.15. The highest BCUT2D eigenvalue weighted by Crippen LogP contribution is 2.44. The van der Waals surface area contributed by atoms with Gasteiger partial charge < -0.3 is 14.8 Å². The summed E-state index contributed by atoms with van der Waals surface area (Å²) < 4.78 is 13.0. The van der Waals surface area contributed by atoms with Gasteiger partial charge in [-0.2, -0.15) is 0 Å². The molecule has 2 unspecified atom stereocenters. The number of hydrogen-bond acceptors (Lipinski definition) is 3. The van der Waals surface area contributed by atoms with Gasteiger partial charge in [0.25, 0.3) is 0 Å². The van der Waals surface area contributed by atoms with Gasteiger partial charge in [-0.25, -0.2) is 0 Å². The fourth-order valence-corrected chi connectivity index (χ4v) is 3.58. The zero-order chi connectivity index (χ0) is 15.7. The second-order valence-electron chi connectivity index (χ2n) is 6.69. The van der Waals surface area contributed by atoms with Crippen molar-refractivity contribution in [2.75, 3.05) is 13.7 Å². The lowest BCUT2D eigenvalue weighted by molar-refractivity contribution is -0.0597. The van der Waals surface area contributed by atoms with Crippen molar-refractivity contribution >= 4 is 15.9 Å². The molecule has 1 aromatic carbocycles. The first kappa shape index (κ1) is 16.8. The summed E-state index contributed by atoms with van der Waals surface area (Å²) in [6, 6.07) is 6.61. The van der Waals surface area contributed by atoms with Crippen LogP contribution in [-0.2, 0) is 4.74 Å². The lowest BCUT2D eigenvalue weighted by Gasteiger charge is -2.43. The minimum Gasteiger partial charge on any atom is -0.487 e. The Morgan fingerprint density at radius 1 is 1.48 bits per heavy atom. The molecule has 0 fully saturated rings. The van der Waals surface area contributed by atoms with Crippen molar-refractivity contribution in [2.45, 2.75) is 57.8 Å². The molecular formula is C17H26BrNO2. The van der Waals surface area contributed by atoms with Gasteiger partial charge in [-0.1, -0.05) is 28.9 Å². The van der Waals surface area contributed by atoms with Gasteiger partial charge in [0.2, 0.25) is 0 Å². The number of nitrogens with one attached hydrogen (secondary N) is 1. The van der Waals surface area contributed by atoms with Crippen molar-refractivity contribution < 1.29 is 9.47 Å². The van der Waals surface area contributed by atoms with Crippen LogP contribution in [0.3, 0.4) is 0 Å². The Bertz CT molecular complexity index is 504. The number of hydrogen-bond donors (Lipinski definition) is 1. The van der Waals surface area contributed by atoms with Crippen molar-refractivity contribution in [1.82, 2.24) is 5.32 Å². The molecule has 1 aliphatic heterocycles. The van der Waals surface area contributed by atoms with Gasteiger partial charge in [-0.15, -0.1) is 0 Å². The maximum atomic E-state index is 6.36. The van der Waals surface area contributed by atoms with Crippen LogP contribution in [0.2, 0.25) is 0 Å². The molecule has 1 aromatic rings. The normalized spacial score (nSPS) is 25.3. The summed E-state index contributed by atoms with van der Waals surface area (Å²) in [6.07, 6.45) is 1.80. The molecule has 0 saturated carbocycles. The fourth-order valence-electron chi connectivity index (χ4n) is 3.24. The summed E-state index contributed by atoms with van der Waals surface area (Å²) in [5.74, 6) is 0.968. The van der Waals surface area contributed by atoms with Gasteiger partial charge in [-0.05, 0) is 39.4 Å². The Balaban J connectivity index is 2.32. The van der Waals surface area contributed by atoms with E-state index < -0.39 is 0 Å². The first-order valence-electron chi connectivity index (χ1n) is 7.55. The van der Waals surface area contributed by atoms with Crippen LogP contribution in [0.5, 0.6) is 5.75 Å². The zero-order valence-corrected chi connectivity index (χ0v) is 15.2. The van der Waals surface area contributed by atoms with Crippen LogP contribution in [0.4, 0.5) is 0 Å². The van der Waals surface area contributed by atoms with Crippen LogP contribution in [-0.4, -0.2) is 24.9 Å². The van der Waals surface area contributed by atoms with Gasteiger partial charge in [0.05, 0.1) is 5.60 Å². The Labute approximate surface area is 136 Å². The molecule has 0 bridgehead atoms. The van der Waals surface area contributed by atoms with Crippen LogP contribution in [0.1, 0.15) is 52.1 Å².